The fourth-order valence-electron chi connectivity index (χ4n) is 2.82. The van der Waals surface area contributed by atoms with E-state index >= 15 is 0 Å². The standard InChI is InChI=1S/C23H33N5O2/c1-5-15-30-21-20(11-8-13-25-21)17-27-23(24-6-2)26-14-12-18-9-7-10-19(16-18)22(29)28(3)4/h7-11,13,16H,5-6,12,14-15,17H2,1-4H3,(H2,24,26,27). The third kappa shape index (κ3) is 7.39. The quantitative estimate of drug-likeness (QED) is 0.464. The monoisotopic (exact) mass is 411 g/mol. The smallest absolute Gasteiger partial charge is 0.253 e. The average Bonchev–Trinajstić information content (AvgIpc) is 2.76. The van der Waals surface area contributed by atoms with Gasteiger partial charge in [0.05, 0.1) is 13.2 Å². The highest BCUT2D eigenvalue weighted by molar-refractivity contribution is 5.94. The van der Waals surface area contributed by atoms with Gasteiger partial charge in [-0.3, -0.25) is 4.79 Å². The molecule has 1 aromatic heterocycles. The first-order valence-corrected chi connectivity index (χ1v) is 10.4. The first-order chi connectivity index (χ1) is 14.5. The van der Waals surface area contributed by atoms with Gasteiger partial charge in [-0.25, -0.2) is 9.98 Å². The molecule has 1 aromatic carbocycles. The molecule has 7 nitrogen and oxygen atoms in total. The number of ether oxygens (including phenoxy) is 1. The van der Waals surface area contributed by atoms with Crippen LogP contribution in [0.1, 0.15) is 41.8 Å². The Morgan fingerprint density at radius 2 is 2.00 bits per heavy atom. The van der Waals surface area contributed by atoms with Crippen LogP contribution in [-0.4, -0.2) is 55.5 Å². The fourth-order valence-corrected chi connectivity index (χ4v) is 2.82. The summed E-state index contributed by atoms with van der Waals surface area (Å²) in [6.07, 6.45) is 3.46. The van der Waals surface area contributed by atoms with Crippen molar-refractivity contribution in [2.24, 2.45) is 4.99 Å². The molecule has 0 atom stereocenters. The minimum Gasteiger partial charge on any atom is -0.477 e. The molecule has 0 bridgehead atoms. The van der Waals surface area contributed by atoms with Gasteiger partial charge in [-0.2, -0.15) is 0 Å². The van der Waals surface area contributed by atoms with Gasteiger partial charge in [0, 0.05) is 44.5 Å². The summed E-state index contributed by atoms with van der Waals surface area (Å²) >= 11 is 0. The first kappa shape index (κ1) is 23.2. The van der Waals surface area contributed by atoms with Crippen LogP contribution in [0, 0.1) is 0 Å². The second kappa shape index (κ2) is 12.5. The number of hydrogen-bond acceptors (Lipinski definition) is 4. The average molecular weight is 412 g/mol. The molecule has 0 radical (unpaired) electrons. The van der Waals surface area contributed by atoms with Crippen molar-refractivity contribution in [1.82, 2.24) is 20.5 Å². The second-order valence-electron chi connectivity index (χ2n) is 7.09. The lowest BCUT2D eigenvalue weighted by atomic mass is 10.1. The van der Waals surface area contributed by atoms with E-state index in [1.807, 2.05) is 43.3 Å². The largest absolute Gasteiger partial charge is 0.477 e. The Bertz CT molecular complexity index is 836. The number of hydrogen-bond donors (Lipinski definition) is 2. The normalized spacial score (nSPS) is 11.1. The van der Waals surface area contributed by atoms with Crippen LogP contribution in [0.25, 0.3) is 0 Å². The molecule has 0 spiro atoms. The van der Waals surface area contributed by atoms with Crippen molar-refractivity contribution < 1.29 is 9.53 Å². The molecule has 1 amide bonds. The summed E-state index contributed by atoms with van der Waals surface area (Å²) in [5.74, 6) is 1.39. The van der Waals surface area contributed by atoms with Crippen LogP contribution < -0.4 is 15.4 Å². The zero-order valence-corrected chi connectivity index (χ0v) is 18.4. The van der Waals surface area contributed by atoms with Crippen molar-refractivity contribution in [3.05, 3.63) is 59.3 Å². The van der Waals surface area contributed by atoms with Gasteiger partial charge in [0.2, 0.25) is 5.88 Å². The summed E-state index contributed by atoms with van der Waals surface area (Å²) in [4.78, 5) is 22.7. The van der Waals surface area contributed by atoms with E-state index in [4.69, 9.17) is 4.74 Å². The molecule has 30 heavy (non-hydrogen) atoms. The molecule has 0 unspecified atom stereocenters. The Balaban J connectivity index is 1.97. The van der Waals surface area contributed by atoms with Crippen molar-refractivity contribution in [2.45, 2.75) is 33.2 Å². The SMILES string of the molecule is CCCOc1ncccc1CN=C(NCC)NCCc1cccc(C(=O)N(C)C)c1. The summed E-state index contributed by atoms with van der Waals surface area (Å²) in [5.41, 5.74) is 2.76. The van der Waals surface area contributed by atoms with Crippen LogP contribution in [0.3, 0.4) is 0 Å². The number of rotatable bonds is 10. The lowest BCUT2D eigenvalue weighted by Gasteiger charge is -2.13. The van der Waals surface area contributed by atoms with Crippen molar-refractivity contribution in [3.63, 3.8) is 0 Å². The Morgan fingerprint density at radius 1 is 1.17 bits per heavy atom. The van der Waals surface area contributed by atoms with Crippen LogP contribution >= 0.6 is 0 Å². The Morgan fingerprint density at radius 3 is 2.73 bits per heavy atom. The molecule has 0 aliphatic heterocycles. The number of nitrogens with one attached hydrogen (secondary N) is 2. The molecule has 1 heterocycles. The van der Waals surface area contributed by atoms with Crippen molar-refractivity contribution in [3.8, 4) is 5.88 Å². The Kier molecular flexibility index (Phi) is 9.64. The fraction of sp³-hybridized carbons (Fsp3) is 0.435. The zero-order chi connectivity index (χ0) is 21.8. The van der Waals surface area contributed by atoms with Crippen molar-refractivity contribution in [1.29, 1.82) is 0 Å². The number of guanidine groups is 1. The Hall–Kier alpha value is -3.09. The molecule has 0 aliphatic rings. The predicted molar refractivity (Wildman–Crippen MR) is 121 cm³/mol. The third-order valence-electron chi connectivity index (χ3n) is 4.33. The lowest BCUT2D eigenvalue weighted by molar-refractivity contribution is 0.0827. The number of carbonyl (C=O) groups excluding carboxylic acids is 1. The van der Waals surface area contributed by atoms with Gasteiger partial charge in [-0.05, 0) is 43.5 Å². The van der Waals surface area contributed by atoms with Crippen LogP contribution in [0.15, 0.2) is 47.6 Å². The molecule has 2 rings (SSSR count). The molecular weight excluding hydrogens is 378 g/mol. The van der Waals surface area contributed by atoms with E-state index in [-0.39, 0.29) is 5.91 Å². The summed E-state index contributed by atoms with van der Waals surface area (Å²) in [5, 5.41) is 6.62. The molecule has 7 heteroatoms. The number of benzene rings is 1. The molecule has 0 saturated heterocycles. The molecule has 162 valence electrons. The van der Waals surface area contributed by atoms with Gasteiger partial charge < -0.3 is 20.3 Å². The van der Waals surface area contributed by atoms with Crippen LogP contribution in [0.5, 0.6) is 5.88 Å². The van der Waals surface area contributed by atoms with Crippen molar-refractivity contribution >= 4 is 11.9 Å². The molecule has 2 aromatic rings. The van der Waals surface area contributed by atoms with Gasteiger partial charge in [0.15, 0.2) is 5.96 Å². The number of amides is 1. The van der Waals surface area contributed by atoms with E-state index in [0.29, 0.717) is 31.1 Å². The Labute approximate surface area is 179 Å². The van der Waals surface area contributed by atoms with E-state index in [2.05, 4.69) is 27.5 Å². The third-order valence-corrected chi connectivity index (χ3v) is 4.33. The number of nitrogens with zero attached hydrogens (tertiary/aromatic N) is 3. The van der Waals surface area contributed by atoms with Crippen LogP contribution in [0.4, 0.5) is 0 Å². The highest BCUT2D eigenvalue weighted by Gasteiger charge is 2.08. The van der Waals surface area contributed by atoms with Gasteiger partial charge in [-0.1, -0.05) is 25.1 Å². The zero-order valence-electron chi connectivity index (χ0n) is 18.4. The van der Waals surface area contributed by atoms with Gasteiger partial charge >= 0.3 is 0 Å². The number of carbonyl (C=O) groups is 1. The highest BCUT2D eigenvalue weighted by atomic mass is 16.5. The molecule has 0 saturated carbocycles. The van der Waals surface area contributed by atoms with E-state index in [1.54, 1.807) is 25.2 Å². The maximum Gasteiger partial charge on any atom is 0.253 e. The van der Waals surface area contributed by atoms with Gasteiger partial charge in [0.25, 0.3) is 5.91 Å². The van der Waals surface area contributed by atoms with E-state index in [1.165, 1.54) is 0 Å². The maximum atomic E-state index is 12.1. The molecule has 2 N–H and O–H groups in total. The number of aromatic nitrogens is 1. The van der Waals surface area contributed by atoms with Gasteiger partial charge in [0.1, 0.15) is 0 Å². The topological polar surface area (TPSA) is 78.9 Å². The van der Waals surface area contributed by atoms with E-state index < -0.39 is 0 Å². The minimum absolute atomic E-state index is 0.0114. The summed E-state index contributed by atoms with van der Waals surface area (Å²) in [6.45, 7) is 6.70. The first-order valence-electron chi connectivity index (χ1n) is 10.4. The van der Waals surface area contributed by atoms with Crippen LogP contribution in [0.2, 0.25) is 0 Å². The van der Waals surface area contributed by atoms with Gasteiger partial charge in [-0.15, -0.1) is 0 Å². The molecular formula is C23H33N5O2. The lowest BCUT2D eigenvalue weighted by Crippen LogP contribution is -2.38. The second-order valence-corrected chi connectivity index (χ2v) is 7.09. The number of aliphatic imine (C=N–C) groups is 1. The van der Waals surface area contributed by atoms with Crippen molar-refractivity contribution in [2.75, 3.05) is 33.8 Å². The minimum atomic E-state index is 0.0114. The molecule has 0 fully saturated rings. The summed E-state index contributed by atoms with van der Waals surface area (Å²) < 4.78 is 5.71. The number of pyridine rings is 1. The predicted octanol–water partition coefficient (Wildman–Crippen LogP) is 2.87. The van der Waals surface area contributed by atoms with Crippen LogP contribution in [-0.2, 0) is 13.0 Å². The van der Waals surface area contributed by atoms with E-state index in [9.17, 15) is 4.79 Å². The summed E-state index contributed by atoms with van der Waals surface area (Å²) in [6, 6.07) is 11.6. The molecule has 0 aliphatic carbocycles. The van der Waals surface area contributed by atoms with E-state index in [0.717, 1.165) is 36.5 Å². The highest BCUT2D eigenvalue weighted by Crippen LogP contribution is 2.15. The summed E-state index contributed by atoms with van der Waals surface area (Å²) in [7, 11) is 3.52. The maximum absolute atomic E-state index is 12.1.